The van der Waals surface area contributed by atoms with Crippen molar-refractivity contribution in [3.05, 3.63) is 23.8 Å². The molecule has 24 heavy (non-hydrogen) atoms. The van der Waals surface area contributed by atoms with Gasteiger partial charge in [-0.25, -0.2) is 0 Å². The first-order chi connectivity index (χ1) is 11.5. The summed E-state index contributed by atoms with van der Waals surface area (Å²) >= 11 is 0. The molecule has 0 saturated heterocycles. The summed E-state index contributed by atoms with van der Waals surface area (Å²) in [5.74, 6) is 2.05. The van der Waals surface area contributed by atoms with E-state index < -0.39 is 0 Å². The van der Waals surface area contributed by atoms with Crippen molar-refractivity contribution in [1.29, 1.82) is 0 Å². The van der Waals surface area contributed by atoms with E-state index in [0.29, 0.717) is 25.7 Å². The molecular formula is C19H33NO4. The second kappa shape index (κ2) is 11.3. The van der Waals surface area contributed by atoms with Gasteiger partial charge in [0.15, 0.2) is 17.8 Å². The van der Waals surface area contributed by atoms with Crippen molar-refractivity contribution >= 4 is 0 Å². The second-order valence-corrected chi connectivity index (χ2v) is 6.05. The molecule has 138 valence electrons. The highest BCUT2D eigenvalue weighted by Crippen LogP contribution is 2.32. The molecule has 1 aromatic rings. The first kappa shape index (κ1) is 20.7. The fraction of sp³-hybridized carbons (Fsp3) is 0.684. The van der Waals surface area contributed by atoms with Crippen LogP contribution in [-0.4, -0.2) is 40.3 Å². The SMILES string of the molecule is CCOC(CN[C@@H](CC(C)C)c1ccc(OC)c(OC)c1)OCC. The van der Waals surface area contributed by atoms with Crippen LogP contribution in [0, 0.1) is 5.92 Å². The summed E-state index contributed by atoms with van der Waals surface area (Å²) in [7, 11) is 3.31. The van der Waals surface area contributed by atoms with Gasteiger partial charge in [-0.05, 0) is 43.9 Å². The van der Waals surface area contributed by atoms with E-state index in [0.717, 1.165) is 17.9 Å². The second-order valence-electron chi connectivity index (χ2n) is 6.05. The number of ether oxygens (including phenoxy) is 4. The minimum atomic E-state index is -0.227. The van der Waals surface area contributed by atoms with E-state index in [1.807, 2.05) is 26.0 Å². The topological polar surface area (TPSA) is 49.0 Å². The third-order valence-corrected chi connectivity index (χ3v) is 3.75. The standard InChI is InChI=1S/C19H33NO4/c1-7-23-19(24-8-2)13-20-16(11-14(3)4)15-9-10-17(21-5)18(12-15)22-6/h9-10,12,14,16,19-20H,7-8,11,13H2,1-6H3/t16-/m0/s1. The maximum Gasteiger partial charge on any atom is 0.169 e. The molecule has 0 aliphatic heterocycles. The molecule has 5 nitrogen and oxygen atoms in total. The summed E-state index contributed by atoms with van der Waals surface area (Å²) in [6, 6.07) is 6.27. The van der Waals surface area contributed by atoms with E-state index in [1.54, 1.807) is 14.2 Å². The van der Waals surface area contributed by atoms with E-state index >= 15 is 0 Å². The number of benzene rings is 1. The van der Waals surface area contributed by atoms with Gasteiger partial charge in [-0.2, -0.15) is 0 Å². The van der Waals surface area contributed by atoms with Gasteiger partial charge in [0, 0.05) is 25.8 Å². The molecule has 0 spiro atoms. The number of methoxy groups -OCH3 is 2. The van der Waals surface area contributed by atoms with Crippen LogP contribution in [0.3, 0.4) is 0 Å². The van der Waals surface area contributed by atoms with Gasteiger partial charge in [-0.1, -0.05) is 19.9 Å². The monoisotopic (exact) mass is 339 g/mol. The Labute approximate surface area is 146 Å². The number of nitrogens with one attached hydrogen (secondary N) is 1. The van der Waals surface area contributed by atoms with E-state index in [2.05, 4.69) is 25.2 Å². The summed E-state index contributed by atoms with van der Waals surface area (Å²) in [6.45, 7) is 10.3. The Kier molecular flexibility index (Phi) is 9.76. The van der Waals surface area contributed by atoms with Crippen LogP contribution in [-0.2, 0) is 9.47 Å². The predicted octanol–water partition coefficient (Wildman–Crippen LogP) is 3.78. The minimum Gasteiger partial charge on any atom is -0.493 e. The number of hydrogen-bond donors (Lipinski definition) is 1. The lowest BCUT2D eigenvalue weighted by molar-refractivity contribution is -0.134. The average Bonchev–Trinajstić information content (AvgIpc) is 2.57. The molecule has 0 aliphatic carbocycles. The zero-order valence-corrected chi connectivity index (χ0v) is 15.9. The summed E-state index contributed by atoms with van der Waals surface area (Å²) < 4.78 is 22.0. The summed E-state index contributed by atoms with van der Waals surface area (Å²) in [5.41, 5.74) is 1.17. The van der Waals surface area contributed by atoms with Crippen LogP contribution in [0.15, 0.2) is 18.2 Å². The first-order valence-electron chi connectivity index (χ1n) is 8.74. The van der Waals surface area contributed by atoms with Gasteiger partial charge in [0.05, 0.1) is 14.2 Å². The minimum absolute atomic E-state index is 0.202. The van der Waals surface area contributed by atoms with Crippen LogP contribution in [0.2, 0.25) is 0 Å². The van der Waals surface area contributed by atoms with Gasteiger partial charge in [0.25, 0.3) is 0 Å². The van der Waals surface area contributed by atoms with Crippen LogP contribution in [0.1, 0.15) is 45.7 Å². The lowest BCUT2D eigenvalue weighted by Crippen LogP contribution is -2.34. The molecule has 1 N–H and O–H groups in total. The fourth-order valence-electron chi connectivity index (χ4n) is 2.65. The normalized spacial score (nSPS) is 12.7. The predicted molar refractivity (Wildman–Crippen MR) is 96.8 cm³/mol. The van der Waals surface area contributed by atoms with Crippen LogP contribution >= 0.6 is 0 Å². The van der Waals surface area contributed by atoms with E-state index in [4.69, 9.17) is 18.9 Å². The fourth-order valence-corrected chi connectivity index (χ4v) is 2.65. The third kappa shape index (κ3) is 6.67. The van der Waals surface area contributed by atoms with Crippen molar-refractivity contribution in [3.8, 4) is 11.5 Å². The molecule has 0 bridgehead atoms. The van der Waals surface area contributed by atoms with Crippen LogP contribution in [0.25, 0.3) is 0 Å². The number of hydrogen-bond acceptors (Lipinski definition) is 5. The van der Waals surface area contributed by atoms with Crippen LogP contribution in [0.5, 0.6) is 11.5 Å². The largest absolute Gasteiger partial charge is 0.493 e. The third-order valence-electron chi connectivity index (χ3n) is 3.75. The lowest BCUT2D eigenvalue weighted by Gasteiger charge is -2.25. The maximum absolute atomic E-state index is 5.63. The Morgan fingerprint density at radius 1 is 0.958 bits per heavy atom. The smallest absolute Gasteiger partial charge is 0.169 e. The van der Waals surface area contributed by atoms with Gasteiger partial charge >= 0.3 is 0 Å². The molecule has 5 heteroatoms. The molecule has 0 saturated carbocycles. The van der Waals surface area contributed by atoms with Gasteiger partial charge < -0.3 is 24.3 Å². The Hall–Kier alpha value is -1.30. The Balaban J connectivity index is 2.88. The van der Waals surface area contributed by atoms with Gasteiger partial charge in [0.2, 0.25) is 0 Å². The first-order valence-corrected chi connectivity index (χ1v) is 8.74. The van der Waals surface area contributed by atoms with E-state index in [-0.39, 0.29) is 12.3 Å². The van der Waals surface area contributed by atoms with Crippen LogP contribution in [0.4, 0.5) is 0 Å². The number of rotatable bonds is 12. The summed E-state index contributed by atoms with van der Waals surface area (Å²) in [5, 5.41) is 3.58. The molecule has 0 aliphatic rings. The van der Waals surface area contributed by atoms with Crippen molar-refractivity contribution in [2.75, 3.05) is 34.0 Å². The van der Waals surface area contributed by atoms with E-state index in [9.17, 15) is 0 Å². The molecule has 1 rings (SSSR count). The van der Waals surface area contributed by atoms with Gasteiger partial charge in [0.1, 0.15) is 0 Å². The zero-order valence-electron chi connectivity index (χ0n) is 15.9. The quantitative estimate of drug-likeness (QED) is 0.587. The van der Waals surface area contributed by atoms with Crippen molar-refractivity contribution in [3.63, 3.8) is 0 Å². The van der Waals surface area contributed by atoms with E-state index in [1.165, 1.54) is 5.56 Å². The molecular weight excluding hydrogens is 306 g/mol. The van der Waals surface area contributed by atoms with Gasteiger partial charge in [-0.3, -0.25) is 0 Å². The molecule has 1 atom stereocenters. The highest BCUT2D eigenvalue weighted by atomic mass is 16.7. The van der Waals surface area contributed by atoms with Crippen LogP contribution < -0.4 is 14.8 Å². The zero-order chi connectivity index (χ0) is 17.9. The molecule has 0 unspecified atom stereocenters. The Bertz CT molecular complexity index is 459. The van der Waals surface area contributed by atoms with Crippen molar-refractivity contribution in [2.24, 2.45) is 5.92 Å². The highest BCUT2D eigenvalue weighted by molar-refractivity contribution is 5.43. The summed E-state index contributed by atoms with van der Waals surface area (Å²) in [4.78, 5) is 0. The molecule has 1 aromatic carbocycles. The molecule has 0 amide bonds. The average molecular weight is 339 g/mol. The molecule has 0 heterocycles. The molecule has 0 fully saturated rings. The lowest BCUT2D eigenvalue weighted by atomic mass is 9.96. The maximum atomic E-state index is 5.63. The van der Waals surface area contributed by atoms with Crippen molar-refractivity contribution < 1.29 is 18.9 Å². The van der Waals surface area contributed by atoms with Crippen molar-refractivity contribution in [1.82, 2.24) is 5.32 Å². The van der Waals surface area contributed by atoms with Gasteiger partial charge in [-0.15, -0.1) is 0 Å². The molecule has 0 radical (unpaired) electrons. The Morgan fingerprint density at radius 3 is 2.08 bits per heavy atom. The van der Waals surface area contributed by atoms with Crippen molar-refractivity contribution in [2.45, 2.75) is 46.4 Å². The highest BCUT2D eigenvalue weighted by Gasteiger charge is 2.18. The Morgan fingerprint density at radius 2 is 1.58 bits per heavy atom. The molecule has 0 aromatic heterocycles. The summed E-state index contributed by atoms with van der Waals surface area (Å²) in [6.07, 6.45) is 0.787.